The van der Waals surface area contributed by atoms with E-state index in [4.69, 9.17) is 35.1 Å². The molecule has 1 rings (SSSR count). The third-order valence-corrected chi connectivity index (χ3v) is 35.6. The summed E-state index contributed by atoms with van der Waals surface area (Å²) in [5.74, 6) is 0. The van der Waals surface area contributed by atoms with Crippen molar-refractivity contribution in [3.63, 3.8) is 0 Å². The van der Waals surface area contributed by atoms with E-state index in [2.05, 4.69) is 126 Å². The molecule has 1 radical (unpaired) electrons. The Bertz CT molecular complexity index is 529. The van der Waals surface area contributed by atoms with E-state index < -0.39 is 65.9 Å². The van der Waals surface area contributed by atoms with E-state index in [1.165, 1.54) is 0 Å². The fourth-order valence-corrected chi connectivity index (χ4v) is 48.8. The largest absolute Gasteiger partial charge is 0.266 e. The fourth-order valence-electron chi connectivity index (χ4n) is 5.07. The second kappa shape index (κ2) is 15.0. The van der Waals surface area contributed by atoms with Crippen LogP contribution in [0.1, 0.15) is 0 Å². The summed E-state index contributed by atoms with van der Waals surface area (Å²) in [6.07, 6.45) is 0. The number of rotatable bonds is 0. The number of nitrogens with one attached hydrogen (secondary N) is 4. The minimum absolute atomic E-state index is 0. The molecule has 7 N–H and O–H groups in total. The van der Waals surface area contributed by atoms with Crippen molar-refractivity contribution in [2.45, 2.75) is 0 Å². The molecule has 0 bridgehead atoms. The number of hydrogen-bond donors (Lipinski definition) is 7. The van der Waals surface area contributed by atoms with Crippen molar-refractivity contribution < 1.29 is 32.4 Å². The van der Waals surface area contributed by atoms with Gasteiger partial charge in [-0.25, -0.2) is 0 Å². The van der Waals surface area contributed by atoms with Crippen molar-refractivity contribution >= 4 is 60.5 Å². The van der Waals surface area contributed by atoms with Gasteiger partial charge in [-0.15, -0.1) is 0 Å². The quantitative estimate of drug-likeness (QED) is 0.0987. The second-order valence-corrected chi connectivity index (χ2v) is 41.9. The summed E-state index contributed by atoms with van der Waals surface area (Å²) in [6, 6.07) is 0. The molecule has 231 valence electrons. The van der Waals surface area contributed by atoms with Gasteiger partial charge in [-0.1, -0.05) is 0 Å². The molecule has 0 aromatic heterocycles. The van der Waals surface area contributed by atoms with Gasteiger partial charge in [-0.2, -0.15) is 0 Å². The molecule has 1 aliphatic rings. The van der Waals surface area contributed by atoms with Crippen LogP contribution in [0.5, 0.6) is 0 Å². The Balaban J connectivity index is 0. The average Bonchev–Trinajstić information content (AvgIpc) is 2.31. The van der Waals surface area contributed by atoms with Crippen LogP contribution in [0.15, 0.2) is 0 Å². The molecule has 0 aromatic carbocycles. The molecule has 0 saturated carbocycles. The summed E-state index contributed by atoms with van der Waals surface area (Å²) in [5, 5.41) is 20.0. The molecule has 1 fully saturated rings. The van der Waals surface area contributed by atoms with E-state index in [0.29, 0.717) is 0 Å². The first-order valence-corrected chi connectivity index (χ1v) is 33.1. The molecular formula is C16H57CoN9O3P8+2. The van der Waals surface area contributed by atoms with Gasteiger partial charge in [0.25, 0.3) is 0 Å². The van der Waals surface area contributed by atoms with Gasteiger partial charge >= 0.3 is 206 Å². The van der Waals surface area contributed by atoms with Crippen LogP contribution in [0.2, 0.25) is 0 Å². The summed E-state index contributed by atoms with van der Waals surface area (Å²) in [5.41, 5.74) is 0. The first-order chi connectivity index (χ1) is 15.4. The molecular weight excluding hydrogens is 673 g/mol. The molecule has 0 atom stereocenters. The van der Waals surface area contributed by atoms with Gasteiger partial charge in [-0.3, -0.25) is 15.6 Å². The van der Waals surface area contributed by atoms with Gasteiger partial charge in [0.2, 0.25) is 0 Å². The van der Waals surface area contributed by atoms with Gasteiger partial charge in [0.15, 0.2) is 0 Å². The second-order valence-electron chi connectivity index (χ2n) is 12.5. The van der Waals surface area contributed by atoms with Gasteiger partial charge in [0.1, 0.15) is 0 Å². The first kappa shape index (κ1) is 42.6. The van der Waals surface area contributed by atoms with Crippen LogP contribution in [-0.2, 0) is 16.8 Å². The predicted octanol–water partition coefficient (Wildman–Crippen LogP) is 7.63. The van der Waals surface area contributed by atoms with Crippen LogP contribution >= 0.6 is 60.5 Å². The monoisotopic (exact) mass is 730 g/mol. The molecule has 1 saturated heterocycles. The zero-order valence-electron chi connectivity index (χ0n) is 25.6. The normalized spacial score (nSPS) is 29.9. The van der Waals surface area contributed by atoms with E-state index in [0.717, 1.165) is 0 Å². The van der Waals surface area contributed by atoms with Crippen LogP contribution in [0.25, 0.3) is 19.4 Å². The third kappa shape index (κ3) is 20.9. The predicted molar refractivity (Wildman–Crippen MR) is 186 cm³/mol. The smallest absolute Gasteiger partial charge is 0.0685 e. The van der Waals surface area contributed by atoms with Crippen LogP contribution in [0.3, 0.4) is 0 Å². The van der Waals surface area contributed by atoms with Crippen molar-refractivity contribution in [2.24, 2.45) is 0 Å². The maximum atomic E-state index is 7.00. The Morgan fingerprint density at radius 3 is 0.865 bits per heavy atom. The van der Waals surface area contributed by atoms with Crippen molar-refractivity contribution in [2.75, 3.05) is 107 Å². The Morgan fingerprint density at radius 2 is 0.649 bits per heavy atom. The molecule has 0 aromatic rings. The van der Waals surface area contributed by atoms with Crippen LogP contribution in [-0.4, -0.2) is 128 Å². The Kier molecular flexibility index (Phi) is 17.2. The molecule has 0 unspecified atom stereocenters. The molecule has 0 spiro atoms. The fraction of sp³-hybridized carbons (Fsp3) is 1.00. The molecule has 0 amide bonds. The Hall–Kier alpha value is 3.47. The van der Waals surface area contributed by atoms with E-state index in [1.54, 1.807) is 0 Å². The van der Waals surface area contributed by atoms with Gasteiger partial charge in [0, 0.05) is 16.8 Å². The third-order valence-electron chi connectivity index (χ3n) is 3.96. The number of hydrogen-bond acceptors (Lipinski definition) is 8. The van der Waals surface area contributed by atoms with Crippen LogP contribution in [0.4, 0.5) is 0 Å². The van der Waals surface area contributed by atoms with Crippen molar-refractivity contribution in [3.8, 4) is 0 Å². The maximum Gasteiger partial charge on any atom is 0.0685 e. The zero-order valence-corrected chi connectivity index (χ0v) is 34.0. The number of nitrogens with zero attached hydrogens (tertiary/aromatic N) is 5. The van der Waals surface area contributed by atoms with Crippen molar-refractivity contribution in [3.05, 3.63) is 19.4 Å². The molecule has 21 heteroatoms. The molecule has 0 aliphatic carbocycles. The minimum atomic E-state index is -2.13. The van der Waals surface area contributed by atoms with Gasteiger partial charge in [0.05, 0.1) is 5.39 Å². The summed E-state index contributed by atoms with van der Waals surface area (Å²) >= 11 is 0. The Morgan fingerprint density at radius 1 is 0.459 bits per heavy atom. The molecule has 37 heavy (non-hydrogen) atoms. The van der Waals surface area contributed by atoms with E-state index in [9.17, 15) is 0 Å². The summed E-state index contributed by atoms with van der Waals surface area (Å²) in [4.78, 5) is 37.6. The molecule has 12 nitrogen and oxygen atoms in total. The van der Waals surface area contributed by atoms with Crippen LogP contribution < -0.4 is 19.4 Å². The Labute approximate surface area is 243 Å². The average molecular weight is 730 g/mol. The van der Waals surface area contributed by atoms with E-state index >= 15 is 0 Å². The molecule has 1 heterocycles. The minimum Gasteiger partial charge on any atom is -0.266 e. The van der Waals surface area contributed by atoms with Gasteiger partial charge < -0.3 is 0 Å². The van der Waals surface area contributed by atoms with Crippen molar-refractivity contribution in [1.29, 1.82) is 0 Å². The van der Waals surface area contributed by atoms with E-state index in [1.807, 2.05) is 0 Å². The summed E-state index contributed by atoms with van der Waals surface area (Å²) in [6.45, 7) is 36.8. The summed E-state index contributed by atoms with van der Waals surface area (Å²) in [7, 11) is -14.2. The zero-order chi connectivity index (χ0) is 29.2. The standard InChI is InChI=1S/C16H54N8P8.Co.H3NO3/c1-25(2)17-26(3,4)19-28(7,8)21-30(11,12)23-32(15,16)24-31(13,14)22-29(9,10)20-27(5,6)18-25;;2-1(3)4/h17-19,24,29-30H,1-16H3;;2-4H/q+2;;. The first-order valence-electron chi connectivity index (χ1n) is 11.4. The van der Waals surface area contributed by atoms with Crippen LogP contribution in [0, 0.1) is 0 Å². The van der Waals surface area contributed by atoms with Crippen molar-refractivity contribution in [1.82, 2.24) is 24.8 Å². The summed E-state index contributed by atoms with van der Waals surface area (Å²) < 4.78 is 0. The van der Waals surface area contributed by atoms with E-state index in [-0.39, 0.29) is 16.8 Å². The molecule has 1 aliphatic heterocycles. The topological polar surface area (TPSA) is 168 Å². The maximum absolute atomic E-state index is 7.00. The SMILES string of the molecule is C[P+]1(C)[N-][PH](C)(C)[N-][P+](C)(C)N[P+](C)(C)N[P+](C)(C)N[P+](C)(C)[N-][PH](C)(C)[N-][P+](C)(C)N1.ON(O)O.[Co]. The van der Waals surface area contributed by atoms with Gasteiger partial charge in [-0.05, 0) is 0 Å².